The van der Waals surface area contributed by atoms with Crippen molar-refractivity contribution in [3.05, 3.63) is 0 Å². The first-order valence-corrected chi connectivity index (χ1v) is 3.99. The van der Waals surface area contributed by atoms with E-state index in [2.05, 4.69) is 5.32 Å². The van der Waals surface area contributed by atoms with Crippen LogP contribution in [0.3, 0.4) is 0 Å². The highest BCUT2D eigenvalue weighted by Gasteiger charge is 2.57. The Morgan fingerprint density at radius 3 is 2.50 bits per heavy atom. The number of carboxylic acid groups (broad SMARTS) is 1. The molecule has 0 aromatic rings. The predicted molar refractivity (Wildman–Crippen MR) is 39.7 cm³/mol. The van der Waals surface area contributed by atoms with E-state index < -0.39 is 43.2 Å². The monoisotopic (exact) mass is 213 g/mol. The highest BCUT2D eigenvalue weighted by Crippen LogP contribution is 2.37. The van der Waals surface area contributed by atoms with E-state index in [0.717, 1.165) is 0 Å². The number of hydrogen-bond acceptors (Lipinski definition) is 3. The zero-order valence-electron chi connectivity index (χ0n) is 7.14. The van der Waals surface area contributed by atoms with Crippen LogP contribution < -0.4 is 5.32 Å². The smallest absolute Gasteiger partial charge is 0.418 e. The topological polar surface area (TPSA) is 69.6 Å². The lowest BCUT2D eigenvalue weighted by Crippen LogP contribution is -2.46. The average molecular weight is 213 g/mol. The van der Waals surface area contributed by atoms with E-state index in [9.17, 15) is 18.0 Å². The Bertz CT molecular complexity index is 243. The lowest BCUT2D eigenvalue weighted by atomic mass is 9.98. The standard InChI is InChI=1S/C7H10F3NO3/c8-7(9,10)6(14)2-4(11-3-6)1-5(12)13/h4,11,14H,1-3H2,(H,12,13)/t4-,6-/m1/s1. The maximum atomic E-state index is 12.2. The number of carboxylic acids is 1. The van der Waals surface area contributed by atoms with Crippen molar-refractivity contribution >= 4 is 5.97 Å². The largest absolute Gasteiger partial charge is 0.481 e. The van der Waals surface area contributed by atoms with Gasteiger partial charge in [-0.2, -0.15) is 13.2 Å². The maximum Gasteiger partial charge on any atom is 0.418 e. The van der Waals surface area contributed by atoms with Gasteiger partial charge in [0, 0.05) is 19.0 Å². The van der Waals surface area contributed by atoms with Crippen LogP contribution in [0.1, 0.15) is 12.8 Å². The third-order valence-corrected chi connectivity index (χ3v) is 2.22. The second-order valence-electron chi connectivity index (χ2n) is 3.41. The molecule has 0 radical (unpaired) electrons. The van der Waals surface area contributed by atoms with Crippen molar-refractivity contribution in [2.24, 2.45) is 0 Å². The Balaban J connectivity index is 2.60. The summed E-state index contributed by atoms with van der Waals surface area (Å²) in [6.45, 7) is -0.644. The molecule has 0 spiro atoms. The molecule has 1 heterocycles. The minimum Gasteiger partial charge on any atom is -0.481 e. The van der Waals surface area contributed by atoms with Crippen molar-refractivity contribution in [1.29, 1.82) is 0 Å². The van der Waals surface area contributed by atoms with Crippen LogP contribution in [0.2, 0.25) is 0 Å². The molecular weight excluding hydrogens is 203 g/mol. The fraction of sp³-hybridized carbons (Fsp3) is 0.857. The van der Waals surface area contributed by atoms with Gasteiger partial charge in [-0.1, -0.05) is 0 Å². The van der Waals surface area contributed by atoms with Crippen molar-refractivity contribution in [3.8, 4) is 0 Å². The first kappa shape index (κ1) is 11.3. The molecule has 3 N–H and O–H groups in total. The molecule has 1 aliphatic rings. The quantitative estimate of drug-likeness (QED) is 0.609. The summed E-state index contributed by atoms with van der Waals surface area (Å²) in [5, 5.41) is 19.8. The van der Waals surface area contributed by atoms with Gasteiger partial charge in [-0.15, -0.1) is 0 Å². The number of alkyl halides is 3. The summed E-state index contributed by atoms with van der Waals surface area (Å²) in [6, 6.07) is -0.820. The van der Waals surface area contributed by atoms with Crippen molar-refractivity contribution in [3.63, 3.8) is 0 Å². The van der Waals surface area contributed by atoms with Gasteiger partial charge < -0.3 is 15.5 Å². The lowest BCUT2D eigenvalue weighted by molar-refractivity contribution is -0.252. The molecule has 2 atom stereocenters. The van der Waals surface area contributed by atoms with Crippen LogP contribution in [0.4, 0.5) is 13.2 Å². The summed E-state index contributed by atoms with van der Waals surface area (Å²) in [7, 11) is 0. The first-order valence-electron chi connectivity index (χ1n) is 3.99. The van der Waals surface area contributed by atoms with Crippen LogP contribution >= 0.6 is 0 Å². The summed E-state index contributed by atoms with van der Waals surface area (Å²) in [5.41, 5.74) is -2.78. The Morgan fingerprint density at radius 1 is 1.57 bits per heavy atom. The van der Waals surface area contributed by atoms with E-state index in [1.807, 2.05) is 0 Å². The van der Waals surface area contributed by atoms with Gasteiger partial charge in [-0.3, -0.25) is 4.79 Å². The third kappa shape index (κ3) is 2.16. The highest BCUT2D eigenvalue weighted by molar-refractivity contribution is 5.67. The zero-order chi connectivity index (χ0) is 11.0. The summed E-state index contributed by atoms with van der Waals surface area (Å²) in [5.74, 6) is -1.19. The minimum absolute atomic E-state index is 0.418. The van der Waals surface area contributed by atoms with Gasteiger partial charge >= 0.3 is 12.1 Å². The van der Waals surface area contributed by atoms with Crippen LogP contribution in [-0.4, -0.2) is 40.5 Å². The van der Waals surface area contributed by atoms with Gasteiger partial charge in [0.2, 0.25) is 0 Å². The van der Waals surface area contributed by atoms with Crippen LogP contribution in [0, 0.1) is 0 Å². The molecule has 0 amide bonds. The van der Waals surface area contributed by atoms with E-state index in [4.69, 9.17) is 10.2 Å². The molecule has 1 aliphatic heterocycles. The molecular formula is C7H10F3NO3. The van der Waals surface area contributed by atoms with Crippen LogP contribution in [0.25, 0.3) is 0 Å². The van der Waals surface area contributed by atoms with E-state index in [1.165, 1.54) is 0 Å². The predicted octanol–water partition coefficient (Wildman–Crippen LogP) is 0.116. The average Bonchev–Trinajstić information content (AvgIpc) is 2.30. The van der Waals surface area contributed by atoms with Crippen molar-refractivity contribution in [2.45, 2.75) is 30.7 Å². The first-order chi connectivity index (χ1) is 6.24. The van der Waals surface area contributed by atoms with Crippen LogP contribution in [0.15, 0.2) is 0 Å². The second kappa shape index (κ2) is 3.39. The van der Waals surface area contributed by atoms with Crippen LogP contribution in [-0.2, 0) is 4.79 Å². The molecule has 0 aromatic carbocycles. The number of aliphatic hydroxyl groups is 1. The molecule has 82 valence electrons. The molecule has 0 unspecified atom stereocenters. The van der Waals surface area contributed by atoms with Gasteiger partial charge in [0.25, 0.3) is 0 Å². The van der Waals surface area contributed by atoms with Crippen molar-refractivity contribution < 1.29 is 28.2 Å². The van der Waals surface area contributed by atoms with Gasteiger partial charge in [-0.05, 0) is 0 Å². The lowest BCUT2D eigenvalue weighted by Gasteiger charge is -2.24. The molecule has 0 aliphatic carbocycles. The Kier molecular flexibility index (Phi) is 2.73. The number of aliphatic carboxylic acids is 1. The number of β-amino-alcohol motifs (C(OH)–C–C–N with tert-alkyl or cyclic N) is 1. The molecule has 1 fully saturated rings. The molecule has 4 nitrogen and oxygen atoms in total. The van der Waals surface area contributed by atoms with E-state index in [0.29, 0.717) is 0 Å². The fourth-order valence-corrected chi connectivity index (χ4v) is 1.44. The fourth-order valence-electron chi connectivity index (χ4n) is 1.44. The Hall–Kier alpha value is -0.820. The third-order valence-electron chi connectivity index (χ3n) is 2.22. The molecule has 7 heteroatoms. The molecule has 0 saturated carbocycles. The Labute approximate surface area is 77.7 Å². The number of hydrogen-bond donors (Lipinski definition) is 3. The summed E-state index contributed by atoms with van der Waals surface area (Å²) in [6.07, 6.45) is -5.74. The van der Waals surface area contributed by atoms with Crippen molar-refractivity contribution in [2.75, 3.05) is 6.54 Å². The number of carbonyl (C=O) groups is 1. The van der Waals surface area contributed by atoms with Gasteiger partial charge in [0.15, 0.2) is 5.60 Å². The van der Waals surface area contributed by atoms with Gasteiger partial charge in [-0.25, -0.2) is 0 Å². The van der Waals surface area contributed by atoms with E-state index >= 15 is 0 Å². The van der Waals surface area contributed by atoms with Crippen molar-refractivity contribution in [1.82, 2.24) is 5.32 Å². The summed E-state index contributed by atoms with van der Waals surface area (Å²) >= 11 is 0. The minimum atomic E-state index is -4.72. The molecule has 0 aromatic heterocycles. The second-order valence-corrected chi connectivity index (χ2v) is 3.41. The van der Waals surface area contributed by atoms with Gasteiger partial charge in [0.05, 0.1) is 6.42 Å². The molecule has 1 rings (SSSR count). The molecule has 1 saturated heterocycles. The van der Waals surface area contributed by atoms with E-state index in [1.54, 1.807) is 0 Å². The van der Waals surface area contributed by atoms with Crippen LogP contribution in [0.5, 0.6) is 0 Å². The number of nitrogens with one attached hydrogen (secondary N) is 1. The summed E-state index contributed by atoms with van der Waals surface area (Å²) < 4.78 is 36.7. The molecule has 14 heavy (non-hydrogen) atoms. The zero-order valence-corrected chi connectivity index (χ0v) is 7.14. The molecule has 0 bridgehead atoms. The van der Waals surface area contributed by atoms with E-state index in [-0.39, 0.29) is 0 Å². The SMILES string of the molecule is O=C(O)C[C@@H]1C[C@](O)(C(F)(F)F)CN1. The highest BCUT2D eigenvalue weighted by atomic mass is 19.4. The number of rotatable bonds is 2. The normalized spacial score (nSPS) is 33.3. The Morgan fingerprint density at radius 2 is 2.14 bits per heavy atom. The van der Waals surface area contributed by atoms with Gasteiger partial charge in [0.1, 0.15) is 0 Å². The summed E-state index contributed by atoms with van der Waals surface area (Å²) in [4.78, 5) is 10.2. The maximum absolute atomic E-state index is 12.2. The number of halogens is 3.